The Morgan fingerprint density at radius 1 is 1.16 bits per heavy atom. The average Bonchev–Trinajstić information content (AvgIpc) is 2.39. The smallest absolute Gasteiger partial charge is 0.306 e. The van der Waals surface area contributed by atoms with E-state index in [1.807, 2.05) is 31.2 Å². The number of aliphatic carboxylic acids is 1. The number of benzene rings is 1. The first-order chi connectivity index (χ1) is 9.08. The lowest BCUT2D eigenvalue weighted by atomic mass is 9.76. The molecule has 0 bridgehead atoms. The second-order valence-electron chi connectivity index (χ2n) is 5.48. The summed E-state index contributed by atoms with van der Waals surface area (Å²) >= 11 is 0. The molecule has 3 nitrogen and oxygen atoms in total. The number of carboxylic acid groups (broad SMARTS) is 1. The molecule has 0 heterocycles. The van der Waals surface area contributed by atoms with Crippen molar-refractivity contribution in [2.45, 2.75) is 39.0 Å². The maximum Gasteiger partial charge on any atom is 0.306 e. The molecule has 0 radical (unpaired) electrons. The molecule has 1 aliphatic carbocycles. The lowest BCUT2D eigenvalue weighted by molar-refractivity contribution is -0.144. The van der Waals surface area contributed by atoms with Crippen LogP contribution < -0.4 is 0 Å². The van der Waals surface area contributed by atoms with Crippen molar-refractivity contribution < 1.29 is 14.7 Å². The normalized spacial score (nSPS) is 23.0. The first-order valence-corrected chi connectivity index (χ1v) is 6.90. The third-order valence-electron chi connectivity index (χ3n) is 4.05. The number of rotatable bonds is 4. The summed E-state index contributed by atoms with van der Waals surface area (Å²) in [5.41, 5.74) is 1.82. The van der Waals surface area contributed by atoms with Crippen LogP contribution in [0, 0.1) is 18.8 Å². The molecular weight excluding hydrogens is 240 g/mol. The lowest BCUT2D eigenvalue weighted by Crippen LogP contribution is -2.28. The minimum Gasteiger partial charge on any atom is -0.481 e. The van der Waals surface area contributed by atoms with Gasteiger partial charge in [-0.3, -0.25) is 9.59 Å². The van der Waals surface area contributed by atoms with Crippen molar-refractivity contribution in [1.82, 2.24) is 0 Å². The van der Waals surface area contributed by atoms with Crippen LogP contribution in [0.2, 0.25) is 0 Å². The zero-order chi connectivity index (χ0) is 13.8. The van der Waals surface area contributed by atoms with Crippen LogP contribution in [0.25, 0.3) is 0 Å². The molecule has 1 N–H and O–H groups in total. The predicted octanol–water partition coefficient (Wildman–Crippen LogP) is 3.46. The van der Waals surface area contributed by atoms with Gasteiger partial charge >= 0.3 is 5.97 Å². The zero-order valence-corrected chi connectivity index (χ0v) is 11.3. The summed E-state index contributed by atoms with van der Waals surface area (Å²) in [5.74, 6) is -1.03. The first kappa shape index (κ1) is 13.8. The average molecular weight is 260 g/mol. The third-order valence-corrected chi connectivity index (χ3v) is 4.05. The van der Waals surface area contributed by atoms with Crippen LogP contribution in [0.3, 0.4) is 0 Å². The van der Waals surface area contributed by atoms with Gasteiger partial charge in [0.2, 0.25) is 0 Å². The van der Waals surface area contributed by atoms with Gasteiger partial charge < -0.3 is 5.11 Å². The Morgan fingerprint density at radius 3 is 2.42 bits per heavy atom. The standard InChI is InChI=1S/C16H20O3/c1-11-6-8-12(9-7-11)15(17)10-13-4-2-3-5-14(13)16(18)19/h6-9,13-14H,2-5,10H2,1H3,(H,18,19). The molecule has 2 atom stereocenters. The highest BCUT2D eigenvalue weighted by Crippen LogP contribution is 2.33. The zero-order valence-electron chi connectivity index (χ0n) is 11.3. The van der Waals surface area contributed by atoms with Crippen molar-refractivity contribution in [3.8, 4) is 0 Å². The van der Waals surface area contributed by atoms with E-state index in [0.29, 0.717) is 18.4 Å². The molecule has 1 aliphatic rings. The molecule has 1 saturated carbocycles. The summed E-state index contributed by atoms with van der Waals surface area (Å²) in [6.07, 6.45) is 3.93. The molecule has 19 heavy (non-hydrogen) atoms. The molecule has 1 aromatic rings. The molecule has 0 aliphatic heterocycles. The number of Topliss-reactive ketones (excluding diaryl/α,β-unsaturated/α-hetero) is 1. The summed E-state index contributed by atoms with van der Waals surface area (Å²) in [4.78, 5) is 23.4. The maximum atomic E-state index is 12.2. The van der Waals surface area contributed by atoms with Gasteiger partial charge in [-0.1, -0.05) is 42.7 Å². The van der Waals surface area contributed by atoms with E-state index in [-0.39, 0.29) is 17.6 Å². The van der Waals surface area contributed by atoms with Crippen molar-refractivity contribution in [2.24, 2.45) is 11.8 Å². The van der Waals surface area contributed by atoms with Gasteiger partial charge in [0.05, 0.1) is 5.92 Å². The number of aryl methyl sites for hydroxylation is 1. The Morgan fingerprint density at radius 2 is 1.79 bits per heavy atom. The molecule has 3 heteroatoms. The Hall–Kier alpha value is -1.64. The number of carboxylic acids is 1. The molecule has 2 rings (SSSR count). The number of carbonyl (C=O) groups excluding carboxylic acids is 1. The van der Waals surface area contributed by atoms with Gasteiger partial charge in [-0.2, -0.15) is 0 Å². The Bertz CT molecular complexity index is 461. The highest BCUT2D eigenvalue weighted by atomic mass is 16.4. The van der Waals surface area contributed by atoms with Crippen LogP contribution in [0.15, 0.2) is 24.3 Å². The van der Waals surface area contributed by atoms with Crippen LogP contribution >= 0.6 is 0 Å². The Labute approximate surface area is 113 Å². The van der Waals surface area contributed by atoms with Gasteiger partial charge in [0, 0.05) is 12.0 Å². The monoisotopic (exact) mass is 260 g/mol. The topological polar surface area (TPSA) is 54.4 Å². The Kier molecular flexibility index (Phi) is 4.35. The van der Waals surface area contributed by atoms with Crippen molar-refractivity contribution in [2.75, 3.05) is 0 Å². The molecule has 0 aromatic heterocycles. The predicted molar refractivity (Wildman–Crippen MR) is 73.2 cm³/mol. The van der Waals surface area contributed by atoms with Crippen molar-refractivity contribution in [1.29, 1.82) is 0 Å². The number of carbonyl (C=O) groups is 2. The fraction of sp³-hybridized carbons (Fsp3) is 0.500. The summed E-state index contributed by atoms with van der Waals surface area (Å²) in [6.45, 7) is 1.98. The van der Waals surface area contributed by atoms with E-state index in [9.17, 15) is 14.7 Å². The highest BCUT2D eigenvalue weighted by Gasteiger charge is 2.32. The maximum absolute atomic E-state index is 12.2. The highest BCUT2D eigenvalue weighted by molar-refractivity contribution is 5.96. The van der Waals surface area contributed by atoms with E-state index < -0.39 is 5.97 Å². The van der Waals surface area contributed by atoms with Crippen LogP contribution in [0.1, 0.15) is 48.0 Å². The quantitative estimate of drug-likeness (QED) is 0.843. The van der Waals surface area contributed by atoms with E-state index in [4.69, 9.17) is 0 Å². The first-order valence-electron chi connectivity index (χ1n) is 6.90. The summed E-state index contributed by atoms with van der Waals surface area (Å²) in [6, 6.07) is 7.50. The second kappa shape index (κ2) is 6.00. The van der Waals surface area contributed by atoms with Gasteiger partial charge in [0.1, 0.15) is 0 Å². The van der Waals surface area contributed by atoms with Crippen LogP contribution in [-0.2, 0) is 4.79 Å². The van der Waals surface area contributed by atoms with Gasteiger partial charge in [-0.25, -0.2) is 0 Å². The van der Waals surface area contributed by atoms with E-state index >= 15 is 0 Å². The lowest BCUT2D eigenvalue weighted by Gasteiger charge is -2.27. The largest absolute Gasteiger partial charge is 0.481 e. The SMILES string of the molecule is Cc1ccc(C(=O)CC2CCCCC2C(=O)O)cc1. The van der Waals surface area contributed by atoms with Gasteiger partial charge in [-0.15, -0.1) is 0 Å². The van der Waals surface area contributed by atoms with Gasteiger partial charge in [0.25, 0.3) is 0 Å². The molecule has 2 unspecified atom stereocenters. The van der Waals surface area contributed by atoms with E-state index in [0.717, 1.165) is 24.8 Å². The molecule has 0 spiro atoms. The minimum atomic E-state index is -0.749. The number of hydrogen-bond donors (Lipinski definition) is 1. The van der Waals surface area contributed by atoms with Gasteiger partial charge in [-0.05, 0) is 25.7 Å². The Balaban J connectivity index is 2.04. The number of ketones is 1. The molecular formula is C16H20O3. The van der Waals surface area contributed by atoms with E-state index in [1.165, 1.54) is 0 Å². The third kappa shape index (κ3) is 3.43. The van der Waals surface area contributed by atoms with Crippen molar-refractivity contribution in [3.63, 3.8) is 0 Å². The summed E-state index contributed by atoms with van der Waals surface area (Å²) < 4.78 is 0. The molecule has 0 saturated heterocycles. The fourth-order valence-electron chi connectivity index (χ4n) is 2.87. The van der Waals surface area contributed by atoms with Crippen LogP contribution in [0.5, 0.6) is 0 Å². The van der Waals surface area contributed by atoms with E-state index in [1.54, 1.807) is 0 Å². The second-order valence-corrected chi connectivity index (χ2v) is 5.48. The van der Waals surface area contributed by atoms with Crippen LogP contribution in [0.4, 0.5) is 0 Å². The molecule has 0 amide bonds. The molecule has 1 fully saturated rings. The van der Waals surface area contributed by atoms with Crippen molar-refractivity contribution in [3.05, 3.63) is 35.4 Å². The fourth-order valence-corrected chi connectivity index (χ4v) is 2.87. The van der Waals surface area contributed by atoms with E-state index in [2.05, 4.69) is 0 Å². The number of hydrogen-bond acceptors (Lipinski definition) is 2. The molecule has 1 aromatic carbocycles. The van der Waals surface area contributed by atoms with Crippen LogP contribution in [-0.4, -0.2) is 16.9 Å². The minimum absolute atomic E-state index is 0.0000491. The summed E-state index contributed by atoms with van der Waals surface area (Å²) in [7, 11) is 0. The van der Waals surface area contributed by atoms with Crippen molar-refractivity contribution >= 4 is 11.8 Å². The molecule has 102 valence electrons. The van der Waals surface area contributed by atoms with Gasteiger partial charge in [0.15, 0.2) is 5.78 Å². The summed E-state index contributed by atoms with van der Waals surface area (Å²) in [5, 5.41) is 9.22.